The maximum absolute atomic E-state index is 10.7. The summed E-state index contributed by atoms with van der Waals surface area (Å²) in [5.41, 5.74) is 0. The lowest BCUT2D eigenvalue weighted by molar-refractivity contribution is 0.00524. The van der Waals surface area contributed by atoms with Crippen LogP contribution >= 0.6 is 11.6 Å². The van der Waals surface area contributed by atoms with Gasteiger partial charge in [-0.25, -0.2) is 0 Å². The van der Waals surface area contributed by atoms with E-state index < -0.39 is 5.37 Å². The van der Waals surface area contributed by atoms with Gasteiger partial charge in [0.2, 0.25) is 0 Å². The summed E-state index contributed by atoms with van der Waals surface area (Å²) >= 11 is 5.28. The maximum Gasteiger partial charge on any atom is 0.316 e. The van der Waals surface area contributed by atoms with Crippen molar-refractivity contribution in [2.24, 2.45) is 0 Å². The van der Waals surface area contributed by atoms with Crippen LogP contribution in [0.5, 0.6) is 0 Å². The van der Waals surface area contributed by atoms with E-state index in [2.05, 4.69) is 0 Å². The third-order valence-electron chi connectivity index (χ3n) is 2.05. The molecule has 1 aliphatic heterocycles. The van der Waals surface area contributed by atoms with Gasteiger partial charge in [-0.05, 0) is 30.9 Å². The molecule has 1 heterocycles. The first-order valence-electron chi connectivity index (χ1n) is 4.22. The molecule has 12 heavy (non-hydrogen) atoms. The molecule has 0 saturated carbocycles. The molecule has 1 aliphatic rings. The van der Waals surface area contributed by atoms with Gasteiger partial charge in [-0.2, -0.15) is 0 Å². The largest absolute Gasteiger partial charge is 0.376 e. The highest BCUT2D eigenvalue weighted by atomic mass is 35.5. The molecule has 0 radical (unpaired) electrons. The first-order chi connectivity index (χ1) is 5.70. The number of amides is 1. The van der Waals surface area contributed by atoms with Gasteiger partial charge in [0.15, 0.2) is 0 Å². The molecule has 4 heteroatoms. The fraction of sp³-hybridized carbons (Fsp3) is 0.875. The first-order valence-corrected chi connectivity index (χ1v) is 4.60. The second kappa shape index (κ2) is 4.67. The number of rotatable bonds is 2. The molecule has 0 N–H and O–H groups in total. The van der Waals surface area contributed by atoms with Gasteiger partial charge in [-0.1, -0.05) is 0 Å². The van der Waals surface area contributed by atoms with Crippen LogP contribution in [0.25, 0.3) is 0 Å². The van der Waals surface area contributed by atoms with E-state index in [0.29, 0.717) is 6.54 Å². The molecule has 0 bridgehead atoms. The predicted molar refractivity (Wildman–Crippen MR) is 47.5 cm³/mol. The fourth-order valence-corrected chi connectivity index (χ4v) is 1.40. The Morgan fingerprint density at radius 1 is 1.67 bits per heavy atom. The molecule has 0 aromatic carbocycles. The van der Waals surface area contributed by atoms with Crippen molar-refractivity contribution in [2.75, 3.05) is 20.2 Å². The average Bonchev–Trinajstić information content (AvgIpc) is 2.06. The Balaban J connectivity index is 2.24. The summed E-state index contributed by atoms with van der Waals surface area (Å²) < 4.78 is 5.45. The summed E-state index contributed by atoms with van der Waals surface area (Å²) in [6, 6.07) is 0. The normalized spacial score (nSPS) is 23.7. The minimum Gasteiger partial charge on any atom is -0.376 e. The zero-order valence-corrected chi connectivity index (χ0v) is 8.01. The maximum atomic E-state index is 10.7. The summed E-state index contributed by atoms with van der Waals surface area (Å²) in [6.45, 7) is 1.43. The summed E-state index contributed by atoms with van der Waals surface area (Å²) in [7, 11) is 1.69. The third kappa shape index (κ3) is 2.99. The van der Waals surface area contributed by atoms with Crippen LogP contribution in [-0.4, -0.2) is 36.6 Å². The molecular formula is C8H14ClNO2. The van der Waals surface area contributed by atoms with Crippen molar-refractivity contribution in [2.45, 2.75) is 25.4 Å². The quantitative estimate of drug-likeness (QED) is 0.493. The lowest BCUT2D eigenvalue weighted by Gasteiger charge is -2.26. The Hall–Kier alpha value is -0.280. The molecule has 0 aromatic rings. The Morgan fingerprint density at radius 2 is 2.42 bits per heavy atom. The molecule has 1 saturated heterocycles. The van der Waals surface area contributed by atoms with E-state index >= 15 is 0 Å². The minimum atomic E-state index is -0.413. The van der Waals surface area contributed by atoms with Crippen LogP contribution in [-0.2, 0) is 4.74 Å². The van der Waals surface area contributed by atoms with Crippen LogP contribution in [0.3, 0.4) is 0 Å². The Bertz CT molecular complexity index is 157. The van der Waals surface area contributed by atoms with Gasteiger partial charge < -0.3 is 9.64 Å². The van der Waals surface area contributed by atoms with E-state index in [-0.39, 0.29) is 6.10 Å². The van der Waals surface area contributed by atoms with Gasteiger partial charge in [0.05, 0.1) is 6.10 Å². The Kier molecular flexibility index (Phi) is 3.82. The van der Waals surface area contributed by atoms with Gasteiger partial charge in [-0.3, -0.25) is 4.79 Å². The number of halogens is 1. The topological polar surface area (TPSA) is 29.5 Å². The number of hydrogen-bond donors (Lipinski definition) is 0. The predicted octanol–water partition coefficient (Wildman–Crippen LogP) is 1.85. The smallest absolute Gasteiger partial charge is 0.316 e. The first kappa shape index (κ1) is 9.81. The van der Waals surface area contributed by atoms with Crippen LogP contribution in [0.1, 0.15) is 19.3 Å². The molecule has 0 aromatic heterocycles. The van der Waals surface area contributed by atoms with Crippen molar-refractivity contribution < 1.29 is 9.53 Å². The number of nitrogens with zero attached hydrogens (tertiary/aromatic N) is 1. The van der Waals surface area contributed by atoms with Crippen molar-refractivity contribution in [3.8, 4) is 0 Å². The number of hydrogen-bond acceptors (Lipinski definition) is 2. The number of ether oxygens (including phenoxy) is 1. The molecular weight excluding hydrogens is 178 g/mol. The van der Waals surface area contributed by atoms with E-state index in [1.807, 2.05) is 0 Å². The van der Waals surface area contributed by atoms with Gasteiger partial charge in [0.25, 0.3) is 0 Å². The summed E-state index contributed by atoms with van der Waals surface area (Å²) in [5.74, 6) is 0. The van der Waals surface area contributed by atoms with Gasteiger partial charge in [-0.15, -0.1) is 0 Å². The van der Waals surface area contributed by atoms with Crippen molar-refractivity contribution in [1.29, 1.82) is 0 Å². The summed E-state index contributed by atoms with van der Waals surface area (Å²) in [5, 5.41) is -0.413. The highest BCUT2D eigenvalue weighted by molar-refractivity contribution is 6.62. The van der Waals surface area contributed by atoms with Gasteiger partial charge >= 0.3 is 5.37 Å². The summed E-state index contributed by atoms with van der Waals surface area (Å²) in [6.07, 6.45) is 3.55. The SMILES string of the molecule is CN(CC1CCCCO1)C(=O)Cl. The highest BCUT2D eigenvalue weighted by Crippen LogP contribution is 2.13. The fourth-order valence-electron chi connectivity index (χ4n) is 1.33. The van der Waals surface area contributed by atoms with E-state index in [9.17, 15) is 4.79 Å². The Morgan fingerprint density at radius 3 is 2.92 bits per heavy atom. The Labute approximate surface area is 77.6 Å². The highest BCUT2D eigenvalue weighted by Gasteiger charge is 2.17. The monoisotopic (exact) mass is 191 g/mol. The molecule has 1 atom stereocenters. The van der Waals surface area contributed by atoms with Crippen LogP contribution < -0.4 is 0 Å². The van der Waals surface area contributed by atoms with Crippen LogP contribution in [0.4, 0.5) is 4.79 Å². The molecule has 70 valence electrons. The second-order valence-corrected chi connectivity index (χ2v) is 3.45. The lowest BCUT2D eigenvalue weighted by atomic mass is 10.1. The average molecular weight is 192 g/mol. The van der Waals surface area contributed by atoms with Crippen molar-refractivity contribution in [3.63, 3.8) is 0 Å². The van der Waals surface area contributed by atoms with Crippen LogP contribution in [0.15, 0.2) is 0 Å². The third-order valence-corrected chi connectivity index (χ3v) is 2.34. The van der Waals surface area contributed by atoms with E-state index in [1.54, 1.807) is 7.05 Å². The number of carbonyl (C=O) groups is 1. The van der Waals surface area contributed by atoms with Gasteiger partial charge in [0, 0.05) is 20.2 Å². The molecule has 0 spiro atoms. The zero-order chi connectivity index (χ0) is 8.97. The van der Waals surface area contributed by atoms with E-state index in [4.69, 9.17) is 16.3 Å². The lowest BCUT2D eigenvalue weighted by Crippen LogP contribution is -2.34. The van der Waals surface area contributed by atoms with Gasteiger partial charge in [0.1, 0.15) is 0 Å². The molecule has 1 fully saturated rings. The zero-order valence-electron chi connectivity index (χ0n) is 7.25. The number of likely N-dealkylation sites (N-methyl/N-ethyl adjacent to an activating group) is 1. The number of carbonyl (C=O) groups excluding carboxylic acids is 1. The summed E-state index contributed by atoms with van der Waals surface area (Å²) in [4.78, 5) is 12.1. The molecule has 1 unspecified atom stereocenters. The second-order valence-electron chi connectivity index (χ2n) is 3.12. The van der Waals surface area contributed by atoms with Crippen LogP contribution in [0.2, 0.25) is 0 Å². The van der Waals surface area contributed by atoms with Crippen molar-refractivity contribution in [1.82, 2.24) is 4.90 Å². The molecule has 0 aliphatic carbocycles. The molecule has 1 amide bonds. The molecule has 1 rings (SSSR count). The van der Waals surface area contributed by atoms with E-state index in [1.165, 1.54) is 11.3 Å². The van der Waals surface area contributed by atoms with E-state index in [0.717, 1.165) is 19.4 Å². The van der Waals surface area contributed by atoms with Crippen LogP contribution in [0, 0.1) is 0 Å². The minimum absolute atomic E-state index is 0.187. The standard InChI is InChI=1S/C8H14ClNO2/c1-10(8(9)11)6-7-4-2-3-5-12-7/h7H,2-6H2,1H3. The molecule has 3 nitrogen and oxygen atoms in total. The van der Waals surface area contributed by atoms with Crippen molar-refractivity contribution in [3.05, 3.63) is 0 Å². The van der Waals surface area contributed by atoms with Crippen molar-refractivity contribution >= 4 is 17.0 Å².